The van der Waals surface area contributed by atoms with Gasteiger partial charge in [0.15, 0.2) is 6.61 Å². The van der Waals surface area contributed by atoms with Crippen molar-refractivity contribution in [3.05, 3.63) is 131 Å². The number of nitrogens with zero attached hydrogens (tertiary/aromatic N) is 3. The fourth-order valence-electron chi connectivity index (χ4n) is 9.21. The molecule has 1 aromatic heterocycles. The van der Waals surface area contributed by atoms with Crippen molar-refractivity contribution in [2.24, 2.45) is 11.5 Å². The standard InChI is InChI=1S/C46H51BN6O6/c48-25-30-4-1-6-34(20-30)32-12-16-51(17-13-32)45(55)37-8-3-9-39(22-37)57-29-44(54)53-27-42-43(28-53)59-47(58-42)38-11-10-36-23-41(50-40(36)24-38)46(56)52-18-14-33(15-19-52)35-7-2-5-31(21-35)26-49/h1-11,20-24,32-33,42-43,50H,12-19,25-29,48-49H2/t42-,43+. The molecule has 0 bridgehead atoms. The highest BCUT2D eigenvalue weighted by atomic mass is 16.7. The van der Waals surface area contributed by atoms with E-state index in [-0.39, 0.29) is 36.5 Å². The first-order valence-corrected chi connectivity index (χ1v) is 20.9. The number of aromatic amines is 1. The molecule has 59 heavy (non-hydrogen) atoms. The first-order valence-electron chi connectivity index (χ1n) is 20.9. The zero-order valence-electron chi connectivity index (χ0n) is 33.3. The molecule has 9 rings (SSSR count). The van der Waals surface area contributed by atoms with Crippen LogP contribution in [0.4, 0.5) is 0 Å². The predicted octanol–water partition coefficient (Wildman–Crippen LogP) is 4.53. The topological polar surface area (TPSA) is 156 Å². The van der Waals surface area contributed by atoms with Crippen LogP contribution in [0.2, 0.25) is 0 Å². The summed E-state index contributed by atoms with van der Waals surface area (Å²) in [5.41, 5.74) is 19.4. The molecule has 4 fully saturated rings. The van der Waals surface area contributed by atoms with E-state index in [1.54, 1.807) is 29.2 Å². The van der Waals surface area contributed by atoms with Gasteiger partial charge in [-0.05, 0) is 95.6 Å². The van der Waals surface area contributed by atoms with E-state index in [2.05, 4.69) is 47.4 Å². The van der Waals surface area contributed by atoms with Crippen LogP contribution in [0.15, 0.2) is 97.1 Å². The highest BCUT2D eigenvalue weighted by Crippen LogP contribution is 2.32. The van der Waals surface area contributed by atoms with Crippen LogP contribution in [-0.4, -0.2) is 103 Å². The first kappa shape index (κ1) is 39.0. The number of carbonyl (C=O) groups excluding carboxylic acids is 3. The highest BCUT2D eigenvalue weighted by molar-refractivity contribution is 6.62. The quantitative estimate of drug-likeness (QED) is 0.174. The van der Waals surface area contributed by atoms with Crippen LogP contribution < -0.4 is 21.7 Å². The molecule has 4 aromatic carbocycles. The molecule has 304 valence electrons. The SMILES string of the molecule is NCc1cccc(C2CCN(C(=O)c3cccc(OCC(=O)N4C[C@@H]5OB(c6ccc7cc(C(=O)N8CCC(c9cccc(CN)c9)CC8)[nH]c7c6)O[C@@H]5C4)c3)CC2)c1. The van der Waals surface area contributed by atoms with Gasteiger partial charge in [-0.2, -0.15) is 0 Å². The maximum atomic E-state index is 13.5. The molecule has 13 heteroatoms. The Morgan fingerprint density at radius 1 is 0.678 bits per heavy atom. The van der Waals surface area contributed by atoms with E-state index in [1.807, 2.05) is 40.1 Å². The largest absolute Gasteiger partial charge is 0.494 e. The summed E-state index contributed by atoms with van der Waals surface area (Å²) in [6.45, 7) is 4.45. The lowest BCUT2D eigenvalue weighted by Gasteiger charge is -2.32. The molecule has 4 aliphatic rings. The van der Waals surface area contributed by atoms with Crippen molar-refractivity contribution in [1.82, 2.24) is 19.7 Å². The molecule has 0 radical (unpaired) electrons. The average Bonchev–Trinajstić information content (AvgIpc) is 4.02. The number of benzene rings is 4. The lowest BCUT2D eigenvalue weighted by Crippen LogP contribution is -2.39. The van der Waals surface area contributed by atoms with E-state index in [0.29, 0.717) is 81.2 Å². The van der Waals surface area contributed by atoms with Gasteiger partial charge in [0.05, 0.1) is 12.2 Å². The van der Waals surface area contributed by atoms with Crippen LogP contribution in [0.3, 0.4) is 0 Å². The molecule has 4 saturated heterocycles. The second-order valence-electron chi connectivity index (χ2n) is 16.4. The third-order valence-corrected chi connectivity index (χ3v) is 12.6. The van der Waals surface area contributed by atoms with Gasteiger partial charge in [0.25, 0.3) is 17.7 Å². The fourth-order valence-corrected chi connectivity index (χ4v) is 9.21. The first-order chi connectivity index (χ1) is 28.8. The van der Waals surface area contributed by atoms with E-state index < -0.39 is 7.12 Å². The number of piperidine rings is 2. The summed E-state index contributed by atoms with van der Waals surface area (Å²) in [5.74, 6) is 1.11. The molecule has 0 aliphatic carbocycles. The third kappa shape index (κ3) is 8.38. The highest BCUT2D eigenvalue weighted by Gasteiger charge is 2.47. The fraction of sp³-hybridized carbons (Fsp3) is 0.370. The Bertz CT molecular complexity index is 2320. The number of carbonyl (C=O) groups is 3. The van der Waals surface area contributed by atoms with Crippen molar-refractivity contribution in [3.8, 4) is 5.75 Å². The van der Waals surface area contributed by atoms with E-state index in [4.69, 9.17) is 25.5 Å². The van der Waals surface area contributed by atoms with Gasteiger partial charge in [0, 0.05) is 68.8 Å². The summed E-state index contributed by atoms with van der Waals surface area (Å²) in [4.78, 5) is 49.1. The Hall–Kier alpha value is -5.47. The molecular formula is C46H51BN6O6. The predicted molar refractivity (Wildman–Crippen MR) is 226 cm³/mol. The van der Waals surface area contributed by atoms with Gasteiger partial charge in [-0.25, -0.2) is 0 Å². The van der Waals surface area contributed by atoms with Crippen LogP contribution in [-0.2, 0) is 27.2 Å². The molecule has 0 spiro atoms. The number of hydrogen-bond donors (Lipinski definition) is 3. The van der Waals surface area contributed by atoms with Crippen molar-refractivity contribution < 1.29 is 28.4 Å². The lowest BCUT2D eigenvalue weighted by atomic mass is 9.79. The van der Waals surface area contributed by atoms with Crippen LogP contribution in [0.1, 0.15) is 80.6 Å². The third-order valence-electron chi connectivity index (χ3n) is 12.6. The number of nitrogens with one attached hydrogen (secondary N) is 1. The molecule has 0 unspecified atom stereocenters. The maximum absolute atomic E-state index is 13.5. The zero-order chi connectivity index (χ0) is 40.5. The summed E-state index contributed by atoms with van der Waals surface area (Å²) in [7, 11) is -0.574. The number of nitrogens with two attached hydrogens (primary N) is 2. The smallest absolute Gasteiger partial charge is 0.484 e. The molecule has 12 nitrogen and oxygen atoms in total. The molecule has 2 atom stereocenters. The number of fused-ring (bicyclic) bond motifs is 2. The van der Waals surface area contributed by atoms with Crippen molar-refractivity contribution in [1.29, 1.82) is 0 Å². The number of H-pyrrole nitrogens is 1. The summed E-state index contributed by atoms with van der Waals surface area (Å²) < 4.78 is 18.5. The van der Waals surface area contributed by atoms with E-state index in [1.165, 1.54) is 11.1 Å². The van der Waals surface area contributed by atoms with Crippen molar-refractivity contribution in [2.75, 3.05) is 45.9 Å². The Balaban J connectivity index is 0.739. The van der Waals surface area contributed by atoms with Crippen LogP contribution in [0.5, 0.6) is 5.75 Å². The van der Waals surface area contributed by atoms with Gasteiger partial charge >= 0.3 is 7.12 Å². The molecular weight excluding hydrogens is 743 g/mol. The van der Waals surface area contributed by atoms with E-state index in [9.17, 15) is 14.4 Å². The Morgan fingerprint density at radius 3 is 1.88 bits per heavy atom. The second kappa shape index (κ2) is 17.0. The minimum atomic E-state index is -0.574. The van der Waals surface area contributed by atoms with Gasteiger partial charge in [-0.1, -0.05) is 66.7 Å². The summed E-state index contributed by atoms with van der Waals surface area (Å²) in [6.07, 6.45) is 3.10. The minimum Gasteiger partial charge on any atom is -0.484 e. The normalized spacial score (nSPS) is 20.0. The second-order valence-corrected chi connectivity index (χ2v) is 16.4. The van der Waals surface area contributed by atoms with Crippen molar-refractivity contribution >= 4 is 41.2 Å². The van der Waals surface area contributed by atoms with Gasteiger partial charge in [-0.15, -0.1) is 0 Å². The Kier molecular flexibility index (Phi) is 11.3. The van der Waals surface area contributed by atoms with Crippen LogP contribution in [0, 0.1) is 0 Å². The Labute approximate surface area is 344 Å². The average molecular weight is 795 g/mol. The number of amides is 3. The van der Waals surface area contributed by atoms with E-state index >= 15 is 0 Å². The van der Waals surface area contributed by atoms with Crippen LogP contribution >= 0.6 is 0 Å². The van der Waals surface area contributed by atoms with Gasteiger partial charge in [0.2, 0.25) is 0 Å². The molecule has 5 heterocycles. The maximum Gasteiger partial charge on any atom is 0.494 e. The number of ether oxygens (including phenoxy) is 1. The monoisotopic (exact) mass is 794 g/mol. The lowest BCUT2D eigenvalue weighted by molar-refractivity contribution is -0.132. The molecule has 5 aromatic rings. The molecule has 0 saturated carbocycles. The van der Waals surface area contributed by atoms with Gasteiger partial charge < -0.3 is 45.2 Å². The van der Waals surface area contributed by atoms with Crippen molar-refractivity contribution in [2.45, 2.75) is 62.8 Å². The molecule has 3 amide bonds. The minimum absolute atomic E-state index is 0.00649. The number of rotatable bonds is 10. The zero-order valence-corrected chi connectivity index (χ0v) is 33.3. The number of likely N-dealkylation sites (tertiary alicyclic amines) is 3. The summed E-state index contributed by atoms with van der Waals surface area (Å²) >= 11 is 0. The molecule has 4 aliphatic heterocycles. The number of aromatic nitrogens is 1. The molecule has 5 N–H and O–H groups in total. The summed E-state index contributed by atoms with van der Waals surface area (Å²) in [6, 6.07) is 31.8. The van der Waals surface area contributed by atoms with Gasteiger partial charge in [0.1, 0.15) is 11.4 Å². The van der Waals surface area contributed by atoms with Crippen LogP contribution in [0.25, 0.3) is 10.9 Å². The summed E-state index contributed by atoms with van der Waals surface area (Å²) in [5, 5.41) is 0.945. The van der Waals surface area contributed by atoms with Gasteiger partial charge in [-0.3, -0.25) is 14.4 Å². The van der Waals surface area contributed by atoms with Crippen molar-refractivity contribution in [3.63, 3.8) is 0 Å². The number of hydrogen-bond acceptors (Lipinski definition) is 8. The Morgan fingerprint density at radius 2 is 1.27 bits per heavy atom. The van der Waals surface area contributed by atoms with E-state index in [0.717, 1.165) is 53.2 Å².